The lowest BCUT2D eigenvalue weighted by molar-refractivity contribution is -0.384. The lowest BCUT2D eigenvalue weighted by atomic mass is 10.3. The third-order valence-corrected chi connectivity index (χ3v) is 3.05. The summed E-state index contributed by atoms with van der Waals surface area (Å²) in [6, 6.07) is 3.43. The smallest absolute Gasteiger partial charge is 0.271 e. The Bertz CT molecular complexity index is 567. The third kappa shape index (κ3) is 5.16. The highest BCUT2D eigenvalue weighted by molar-refractivity contribution is 7.80. The summed E-state index contributed by atoms with van der Waals surface area (Å²) >= 11 is 11.0. The molecule has 1 aromatic carbocycles. The molecule has 0 aromatic heterocycles. The molecule has 0 radical (unpaired) electrons. The molecule has 0 aliphatic heterocycles. The van der Waals surface area contributed by atoms with E-state index in [1.165, 1.54) is 18.2 Å². The molecule has 3 N–H and O–H groups in total. The number of non-ortho nitro benzene ring substituents is 1. The van der Waals surface area contributed by atoms with Gasteiger partial charge in [-0.2, -0.15) is 0 Å². The number of thiocarbonyl (C=S) groups is 1. The Morgan fingerprint density at radius 3 is 2.76 bits per heavy atom. The second-order valence-electron chi connectivity index (χ2n) is 4.14. The summed E-state index contributed by atoms with van der Waals surface area (Å²) in [7, 11) is 0. The summed E-state index contributed by atoms with van der Waals surface area (Å²) in [5.74, 6) is -0.202. The number of nitrogens with one attached hydrogen (secondary N) is 3. The molecule has 0 saturated carbocycles. The minimum Gasteiger partial charge on any atom is -0.355 e. The molecular weight excluding hydrogens is 316 g/mol. The number of likely N-dealkylation sites (N-methyl/N-ethyl adjacent to an activating group) is 1. The molecular formula is C12H15ClN4O3S. The second kappa shape index (κ2) is 7.75. The van der Waals surface area contributed by atoms with Crippen molar-refractivity contribution in [1.82, 2.24) is 10.6 Å². The van der Waals surface area contributed by atoms with Gasteiger partial charge in [-0.05, 0) is 32.1 Å². The number of carbonyl (C=O) groups excluding carboxylic acids is 1. The minimum absolute atomic E-state index is 0.110. The zero-order valence-corrected chi connectivity index (χ0v) is 13.0. The summed E-state index contributed by atoms with van der Waals surface area (Å²) in [6.45, 7) is 3.97. The van der Waals surface area contributed by atoms with Crippen molar-refractivity contribution in [3.8, 4) is 0 Å². The molecule has 1 atom stereocenters. The van der Waals surface area contributed by atoms with E-state index < -0.39 is 11.0 Å². The Labute approximate surface area is 132 Å². The first kappa shape index (κ1) is 17.1. The van der Waals surface area contributed by atoms with E-state index in [0.717, 1.165) is 0 Å². The van der Waals surface area contributed by atoms with Crippen LogP contribution in [-0.4, -0.2) is 28.5 Å². The number of carbonyl (C=O) groups is 1. The van der Waals surface area contributed by atoms with Crippen LogP contribution in [0.1, 0.15) is 13.8 Å². The first-order valence-electron chi connectivity index (χ1n) is 6.14. The summed E-state index contributed by atoms with van der Waals surface area (Å²) < 4.78 is 0. The molecule has 114 valence electrons. The van der Waals surface area contributed by atoms with Crippen LogP contribution in [0.25, 0.3) is 0 Å². The van der Waals surface area contributed by atoms with Crippen molar-refractivity contribution in [2.45, 2.75) is 19.9 Å². The number of benzene rings is 1. The zero-order chi connectivity index (χ0) is 16.0. The number of nitro groups is 1. The van der Waals surface area contributed by atoms with Crippen molar-refractivity contribution in [2.75, 3.05) is 11.9 Å². The topological polar surface area (TPSA) is 96.3 Å². The maximum absolute atomic E-state index is 11.6. The molecule has 0 fully saturated rings. The van der Waals surface area contributed by atoms with Crippen molar-refractivity contribution in [2.24, 2.45) is 0 Å². The van der Waals surface area contributed by atoms with Gasteiger partial charge >= 0.3 is 0 Å². The molecule has 1 rings (SSSR count). The van der Waals surface area contributed by atoms with Crippen LogP contribution in [0, 0.1) is 10.1 Å². The first-order valence-corrected chi connectivity index (χ1v) is 6.93. The quantitative estimate of drug-likeness (QED) is 0.434. The van der Waals surface area contributed by atoms with E-state index in [0.29, 0.717) is 12.2 Å². The summed E-state index contributed by atoms with van der Waals surface area (Å²) in [6.07, 6.45) is 0. The molecule has 0 aliphatic carbocycles. The summed E-state index contributed by atoms with van der Waals surface area (Å²) in [4.78, 5) is 21.8. The molecule has 1 aromatic rings. The van der Waals surface area contributed by atoms with E-state index in [1.54, 1.807) is 6.92 Å². The predicted molar refractivity (Wildman–Crippen MR) is 85.6 cm³/mol. The largest absolute Gasteiger partial charge is 0.355 e. The highest BCUT2D eigenvalue weighted by Gasteiger charge is 2.14. The molecule has 7 nitrogen and oxygen atoms in total. The van der Waals surface area contributed by atoms with Crippen LogP contribution < -0.4 is 16.0 Å². The van der Waals surface area contributed by atoms with Crippen LogP contribution in [-0.2, 0) is 4.79 Å². The molecule has 0 spiro atoms. The fourth-order valence-electron chi connectivity index (χ4n) is 1.47. The van der Waals surface area contributed by atoms with Gasteiger partial charge < -0.3 is 16.0 Å². The summed E-state index contributed by atoms with van der Waals surface area (Å²) in [5, 5.41) is 19.3. The molecule has 9 heteroatoms. The lowest BCUT2D eigenvalue weighted by Crippen LogP contribution is -2.46. The zero-order valence-electron chi connectivity index (χ0n) is 11.5. The number of rotatable bonds is 5. The van der Waals surface area contributed by atoms with Gasteiger partial charge in [0.15, 0.2) is 5.11 Å². The van der Waals surface area contributed by atoms with Gasteiger partial charge in [0.2, 0.25) is 5.91 Å². The SMILES string of the molecule is CCNC(=O)[C@H](C)NC(=S)Nc1cc([N+](=O)[O-])ccc1Cl. The van der Waals surface area contributed by atoms with Gasteiger partial charge in [-0.15, -0.1) is 0 Å². The lowest BCUT2D eigenvalue weighted by Gasteiger charge is -2.16. The fourth-order valence-corrected chi connectivity index (χ4v) is 1.92. The van der Waals surface area contributed by atoms with Gasteiger partial charge in [-0.1, -0.05) is 11.6 Å². The summed E-state index contributed by atoms with van der Waals surface area (Å²) in [5.41, 5.74) is 0.188. The number of nitro benzene ring substituents is 1. The first-order chi connectivity index (χ1) is 9.85. The average molecular weight is 331 g/mol. The maximum Gasteiger partial charge on any atom is 0.271 e. The average Bonchev–Trinajstić information content (AvgIpc) is 2.41. The van der Waals surface area contributed by atoms with E-state index in [4.69, 9.17) is 23.8 Å². The van der Waals surface area contributed by atoms with Crippen LogP contribution in [0.5, 0.6) is 0 Å². The van der Waals surface area contributed by atoms with Crippen LogP contribution in [0.4, 0.5) is 11.4 Å². The number of halogens is 1. The van der Waals surface area contributed by atoms with Gasteiger partial charge in [-0.25, -0.2) is 0 Å². The Hall–Kier alpha value is -1.93. The van der Waals surface area contributed by atoms with Gasteiger partial charge in [0.05, 0.1) is 15.6 Å². The highest BCUT2D eigenvalue weighted by Crippen LogP contribution is 2.26. The van der Waals surface area contributed by atoms with Crippen molar-refractivity contribution < 1.29 is 9.72 Å². The van der Waals surface area contributed by atoms with Crippen LogP contribution in [0.2, 0.25) is 5.02 Å². The third-order valence-electron chi connectivity index (χ3n) is 2.50. The predicted octanol–water partition coefficient (Wildman–Crippen LogP) is 2.06. The molecule has 0 saturated heterocycles. The number of hydrogen-bond acceptors (Lipinski definition) is 4. The van der Waals surface area contributed by atoms with Crippen molar-refractivity contribution in [3.63, 3.8) is 0 Å². The molecule has 0 unspecified atom stereocenters. The molecule has 0 bridgehead atoms. The second-order valence-corrected chi connectivity index (χ2v) is 4.95. The van der Waals surface area contributed by atoms with Crippen molar-refractivity contribution in [1.29, 1.82) is 0 Å². The van der Waals surface area contributed by atoms with E-state index >= 15 is 0 Å². The Morgan fingerprint density at radius 1 is 1.52 bits per heavy atom. The fraction of sp³-hybridized carbons (Fsp3) is 0.333. The standard InChI is InChI=1S/C12H15ClN4O3S/c1-3-14-11(18)7(2)15-12(21)16-10-6-8(17(19)20)4-5-9(10)13/h4-7H,3H2,1-2H3,(H,14,18)(H2,15,16,21)/t7-/m0/s1. The Kier molecular flexibility index (Phi) is 6.32. The van der Waals surface area contributed by atoms with Crippen LogP contribution in [0.15, 0.2) is 18.2 Å². The van der Waals surface area contributed by atoms with Gasteiger partial charge in [0.25, 0.3) is 5.69 Å². The molecule has 0 aliphatic rings. The van der Waals surface area contributed by atoms with E-state index in [9.17, 15) is 14.9 Å². The van der Waals surface area contributed by atoms with Gasteiger partial charge in [0.1, 0.15) is 6.04 Å². The van der Waals surface area contributed by atoms with E-state index in [-0.39, 0.29) is 21.7 Å². The van der Waals surface area contributed by atoms with Gasteiger partial charge in [0, 0.05) is 18.7 Å². The highest BCUT2D eigenvalue weighted by atomic mass is 35.5. The molecule has 0 heterocycles. The van der Waals surface area contributed by atoms with E-state index in [1.807, 2.05) is 6.92 Å². The van der Waals surface area contributed by atoms with Crippen LogP contribution in [0.3, 0.4) is 0 Å². The van der Waals surface area contributed by atoms with Crippen molar-refractivity contribution in [3.05, 3.63) is 33.3 Å². The minimum atomic E-state index is -0.539. The number of hydrogen-bond donors (Lipinski definition) is 3. The number of amides is 1. The Morgan fingerprint density at radius 2 is 2.19 bits per heavy atom. The van der Waals surface area contributed by atoms with Gasteiger partial charge in [-0.3, -0.25) is 14.9 Å². The maximum atomic E-state index is 11.6. The van der Waals surface area contributed by atoms with E-state index in [2.05, 4.69) is 16.0 Å². The van der Waals surface area contributed by atoms with Crippen LogP contribution >= 0.6 is 23.8 Å². The number of nitrogens with zero attached hydrogens (tertiary/aromatic N) is 1. The molecule has 21 heavy (non-hydrogen) atoms. The molecule has 1 amide bonds. The van der Waals surface area contributed by atoms with Crippen molar-refractivity contribution >= 4 is 46.2 Å². The Balaban J connectivity index is 2.72. The normalized spacial score (nSPS) is 11.4. The monoisotopic (exact) mass is 330 g/mol. The number of anilines is 1.